The van der Waals surface area contributed by atoms with E-state index in [0.717, 1.165) is 6.07 Å². The summed E-state index contributed by atoms with van der Waals surface area (Å²) in [7, 11) is 0. The number of aryl methyl sites for hydroxylation is 1. The number of amides is 2. The predicted octanol–water partition coefficient (Wildman–Crippen LogP) is 2.79. The highest BCUT2D eigenvalue weighted by Gasteiger charge is 2.36. The number of carbonyl (C=O) groups is 2. The van der Waals surface area contributed by atoms with Crippen LogP contribution in [0.15, 0.2) is 34.9 Å². The smallest absolute Gasteiger partial charge is 0.338 e. The summed E-state index contributed by atoms with van der Waals surface area (Å²) < 4.78 is 44.5. The summed E-state index contributed by atoms with van der Waals surface area (Å²) in [4.78, 5) is 28.2. The van der Waals surface area contributed by atoms with E-state index in [1.54, 1.807) is 19.9 Å². The summed E-state index contributed by atoms with van der Waals surface area (Å²) in [5.74, 6) is -0.702. The monoisotopic (exact) mass is 410 g/mol. The second-order valence-electron chi connectivity index (χ2n) is 6.87. The molecule has 0 unspecified atom stereocenters. The molecule has 1 aromatic heterocycles. The molecule has 1 N–H and O–H groups in total. The van der Waals surface area contributed by atoms with E-state index < -0.39 is 23.7 Å². The Kier molecular flexibility index (Phi) is 5.92. The zero-order valence-electron chi connectivity index (χ0n) is 16.0. The Morgan fingerprint density at radius 3 is 2.41 bits per heavy atom. The van der Waals surface area contributed by atoms with Gasteiger partial charge in [0, 0.05) is 32.2 Å². The van der Waals surface area contributed by atoms with Crippen molar-refractivity contribution < 1.29 is 27.3 Å². The van der Waals surface area contributed by atoms with Crippen molar-refractivity contribution in [3.8, 4) is 0 Å². The number of alkyl halides is 3. The molecule has 0 spiro atoms. The summed E-state index contributed by atoms with van der Waals surface area (Å²) in [6, 6.07) is 5.86. The van der Waals surface area contributed by atoms with Crippen molar-refractivity contribution in [2.45, 2.75) is 26.1 Å². The fourth-order valence-electron chi connectivity index (χ4n) is 3.21. The molecule has 3 rings (SSSR count). The van der Waals surface area contributed by atoms with Crippen LogP contribution in [0.25, 0.3) is 0 Å². The van der Waals surface area contributed by atoms with Crippen LogP contribution < -0.4 is 5.32 Å². The number of nitrogens with one attached hydrogen (secondary N) is 1. The minimum Gasteiger partial charge on any atom is -0.338 e. The Balaban J connectivity index is 1.60. The van der Waals surface area contributed by atoms with E-state index in [-0.39, 0.29) is 30.4 Å². The Bertz CT molecular complexity index is 889. The normalized spacial score (nSPS) is 16.5. The van der Waals surface area contributed by atoms with Crippen LogP contribution >= 0.6 is 0 Å². The molecule has 0 radical (unpaired) electrons. The fourth-order valence-corrected chi connectivity index (χ4v) is 3.21. The maximum absolute atomic E-state index is 13.2. The maximum Gasteiger partial charge on any atom is 0.417 e. The quantitative estimate of drug-likeness (QED) is 0.839. The van der Waals surface area contributed by atoms with E-state index in [0.29, 0.717) is 18.8 Å². The number of rotatable bonds is 4. The summed E-state index contributed by atoms with van der Waals surface area (Å²) in [6.45, 7) is 4.63. The number of benzene rings is 1. The van der Waals surface area contributed by atoms with Crippen LogP contribution in [0.2, 0.25) is 0 Å². The van der Waals surface area contributed by atoms with E-state index >= 15 is 0 Å². The molecule has 1 fully saturated rings. The van der Waals surface area contributed by atoms with E-state index in [9.17, 15) is 22.8 Å². The van der Waals surface area contributed by atoms with Gasteiger partial charge in [-0.1, -0.05) is 17.3 Å². The van der Waals surface area contributed by atoms with Crippen molar-refractivity contribution >= 4 is 17.7 Å². The topological polar surface area (TPSA) is 78.7 Å². The summed E-state index contributed by atoms with van der Waals surface area (Å²) in [6.07, 6.45) is -4.60. The van der Waals surface area contributed by atoms with Crippen LogP contribution in [0.5, 0.6) is 0 Å². The van der Waals surface area contributed by atoms with Gasteiger partial charge < -0.3 is 9.42 Å². The summed E-state index contributed by atoms with van der Waals surface area (Å²) in [5.41, 5.74) is -0.665. The number of nitrogens with zero attached hydrogens (tertiary/aromatic N) is 3. The van der Waals surface area contributed by atoms with E-state index in [1.807, 2.05) is 4.90 Å². The zero-order valence-corrected chi connectivity index (χ0v) is 16.0. The van der Waals surface area contributed by atoms with Gasteiger partial charge in [0.15, 0.2) is 0 Å². The number of aromatic nitrogens is 1. The van der Waals surface area contributed by atoms with Crippen molar-refractivity contribution in [2.24, 2.45) is 0 Å². The van der Waals surface area contributed by atoms with Crippen LogP contribution in [0.4, 0.5) is 19.1 Å². The first kappa shape index (κ1) is 20.8. The fraction of sp³-hybridized carbons (Fsp3) is 0.421. The van der Waals surface area contributed by atoms with Gasteiger partial charge in [-0.15, -0.1) is 0 Å². The lowest BCUT2D eigenvalue weighted by Gasteiger charge is -2.37. The average molecular weight is 410 g/mol. The summed E-state index contributed by atoms with van der Waals surface area (Å²) in [5, 5.41) is 6.32. The lowest BCUT2D eigenvalue weighted by Crippen LogP contribution is -2.54. The molecule has 10 heteroatoms. The molecule has 2 aromatic rings. The van der Waals surface area contributed by atoms with E-state index in [1.165, 1.54) is 23.1 Å². The molecule has 1 saturated heterocycles. The lowest BCUT2D eigenvalue weighted by molar-refractivity contribution is -0.138. The predicted molar refractivity (Wildman–Crippen MR) is 98.3 cm³/mol. The number of piperazine rings is 1. The van der Waals surface area contributed by atoms with Gasteiger partial charge in [-0.25, -0.2) is 0 Å². The Hall–Kier alpha value is -2.88. The minimum atomic E-state index is -4.60. The van der Waals surface area contributed by atoms with Gasteiger partial charge in [0.2, 0.25) is 11.8 Å². The van der Waals surface area contributed by atoms with Gasteiger partial charge in [0.25, 0.3) is 5.91 Å². The Labute approximate surface area is 165 Å². The molecule has 0 bridgehead atoms. The molecule has 29 heavy (non-hydrogen) atoms. The van der Waals surface area contributed by atoms with Crippen LogP contribution in [0, 0.1) is 6.92 Å². The van der Waals surface area contributed by atoms with Crippen LogP contribution in [0.1, 0.15) is 28.5 Å². The number of hydrogen-bond donors (Lipinski definition) is 1. The SMILES string of the molecule is Cc1cc(NC(=O)[C@@H](C)N2CCN(C(=O)c3ccccc3C(F)(F)F)CC2)on1. The first-order chi connectivity index (χ1) is 13.7. The molecule has 1 aliphatic heterocycles. The molecular weight excluding hydrogens is 389 g/mol. The molecule has 2 amide bonds. The highest BCUT2D eigenvalue weighted by Crippen LogP contribution is 2.32. The molecule has 0 aliphatic carbocycles. The molecular formula is C19H21F3N4O3. The van der Waals surface area contributed by atoms with Gasteiger partial charge in [-0.3, -0.25) is 19.8 Å². The first-order valence-electron chi connectivity index (χ1n) is 9.10. The van der Waals surface area contributed by atoms with Crippen molar-refractivity contribution in [3.63, 3.8) is 0 Å². The van der Waals surface area contributed by atoms with Gasteiger partial charge in [-0.2, -0.15) is 13.2 Å². The Morgan fingerprint density at radius 2 is 1.83 bits per heavy atom. The third kappa shape index (κ3) is 4.76. The Morgan fingerprint density at radius 1 is 1.17 bits per heavy atom. The molecule has 0 saturated carbocycles. The molecule has 1 atom stereocenters. The molecule has 7 nitrogen and oxygen atoms in total. The molecule has 1 aromatic carbocycles. The molecule has 156 valence electrons. The highest BCUT2D eigenvalue weighted by atomic mass is 19.4. The third-order valence-electron chi connectivity index (χ3n) is 4.87. The van der Waals surface area contributed by atoms with Gasteiger partial charge in [0.1, 0.15) is 0 Å². The highest BCUT2D eigenvalue weighted by molar-refractivity contribution is 5.96. The van der Waals surface area contributed by atoms with Crippen LogP contribution in [0.3, 0.4) is 0 Å². The first-order valence-corrected chi connectivity index (χ1v) is 9.10. The van der Waals surface area contributed by atoms with Crippen molar-refractivity contribution in [1.82, 2.24) is 15.0 Å². The number of hydrogen-bond acceptors (Lipinski definition) is 5. The lowest BCUT2D eigenvalue weighted by atomic mass is 10.1. The second-order valence-corrected chi connectivity index (χ2v) is 6.87. The van der Waals surface area contributed by atoms with Gasteiger partial charge in [-0.05, 0) is 26.0 Å². The standard InChI is InChI=1S/C19H21F3N4O3/c1-12-11-16(29-24-12)23-17(27)13(2)25-7-9-26(10-8-25)18(28)14-5-3-4-6-15(14)19(20,21)22/h3-6,11,13H,7-10H2,1-2H3,(H,23,27)/t13-/m1/s1. The number of halogens is 3. The minimum absolute atomic E-state index is 0.226. The van der Waals surface area contributed by atoms with Crippen molar-refractivity contribution in [3.05, 3.63) is 47.2 Å². The van der Waals surface area contributed by atoms with Crippen LogP contribution in [-0.2, 0) is 11.0 Å². The van der Waals surface area contributed by atoms with E-state index in [2.05, 4.69) is 10.5 Å². The van der Waals surface area contributed by atoms with Gasteiger partial charge in [0.05, 0.1) is 22.9 Å². The van der Waals surface area contributed by atoms with Crippen LogP contribution in [-0.4, -0.2) is 59.0 Å². The largest absolute Gasteiger partial charge is 0.417 e. The van der Waals surface area contributed by atoms with E-state index in [4.69, 9.17) is 4.52 Å². The number of carbonyl (C=O) groups excluding carboxylic acids is 2. The third-order valence-corrected chi connectivity index (χ3v) is 4.87. The van der Waals surface area contributed by atoms with Crippen molar-refractivity contribution in [2.75, 3.05) is 31.5 Å². The maximum atomic E-state index is 13.2. The summed E-state index contributed by atoms with van der Waals surface area (Å²) >= 11 is 0. The van der Waals surface area contributed by atoms with Gasteiger partial charge >= 0.3 is 6.18 Å². The van der Waals surface area contributed by atoms with Crippen molar-refractivity contribution in [1.29, 1.82) is 0 Å². The number of anilines is 1. The molecule has 1 aliphatic rings. The average Bonchev–Trinajstić information content (AvgIpc) is 3.11. The second kappa shape index (κ2) is 8.24. The zero-order chi connectivity index (χ0) is 21.2. The molecule has 2 heterocycles.